The second kappa shape index (κ2) is 6.94. The van der Waals surface area contributed by atoms with Crippen molar-refractivity contribution in [1.29, 1.82) is 0 Å². The van der Waals surface area contributed by atoms with E-state index in [1.54, 1.807) is 12.1 Å². The predicted octanol–water partition coefficient (Wildman–Crippen LogP) is 3.23. The van der Waals surface area contributed by atoms with Crippen LogP contribution in [0.15, 0.2) is 12.1 Å². The summed E-state index contributed by atoms with van der Waals surface area (Å²) in [4.78, 5) is 11.5. The molecule has 1 aromatic rings. The maximum atomic E-state index is 11.5. The van der Waals surface area contributed by atoms with Crippen molar-refractivity contribution in [2.24, 2.45) is 0 Å². The lowest BCUT2D eigenvalue weighted by Gasteiger charge is -2.27. The van der Waals surface area contributed by atoms with Gasteiger partial charge in [0.15, 0.2) is 5.78 Å². The van der Waals surface area contributed by atoms with E-state index in [9.17, 15) is 15.0 Å². The van der Waals surface area contributed by atoms with E-state index in [1.165, 1.54) is 6.92 Å². The summed E-state index contributed by atoms with van der Waals surface area (Å²) in [5.74, 6) is 0.529. The van der Waals surface area contributed by atoms with Crippen LogP contribution in [0.4, 0.5) is 0 Å². The van der Waals surface area contributed by atoms with Crippen LogP contribution in [0.3, 0.4) is 0 Å². The Balaban J connectivity index is 2.25. The molecule has 0 unspecified atom stereocenters. The fourth-order valence-corrected chi connectivity index (χ4v) is 2.91. The molecule has 0 aliphatic heterocycles. The van der Waals surface area contributed by atoms with Gasteiger partial charge in [0, 0.05) is 12.0 Å². The first-order valence-corrected chi connectivity index (χ1v) is 7.73. The van der Waals surface area contributed by atoms with Crippen LogP contribution in [0.25, 0.3) is 0 Å². The third-order valence-electron chi connectivity index (χ3n) is 4.01. The lowest BCUT2D eigenvalue weighted by Crippen LogP contribution is -2.28. The lowest BCUT2D eigenvalue weighted by atomic mass is 9.94. The van der Waals surface area contributed by atoms with Crippen molar-refractivity contribution in [3.05, 3.63) is 23.3 Å². The Morgan fingerprint density at radius 3 is 2.76 bits per heavy atom. The molecule has 4 heteroatoms. The van der Waals surface area contributed by atoms with Gasteiger partial charge >= 0.3 is 0 Å². The first kappa shape index (κ1) is 15.8. The van der Waals surface area contributed by atoms with Crippen LogP contribution >= 0.6 is 0 Å². The molecule has 0 amide bonds. The number of hydrogen-bond donors (Lipinski definition) is 2. The molecule has 1 aliphatic carbocycles. The van der Waals surface area contributed by atoms with Gasteiger partial charge in [-0.25, -0.2) is 0 Å². The molecule has 0 spiro atoms. The third kappa shape index (κ3) is 3.76. The van der Waals surface area contributed by atoms with Crippen LogP contribution in [0, 0.1) is 0 Å². The normalized spacial score (nSPS) is 22.0. The zero-order valence-corrected chi connectivity index (χ0v) is 12.8. The SMILES string of the molecule is CCCc1c(O[C@@H]2CCC[C@@H](O)C2)ccc(C(C)=O)c1O. The predicted molar refractivity (Wildman–Crippen MR) is 81.0 cm³/mol. The van der Waals surface area contributed by atoms with Crippen molar-refractivity contribution in [1.82, 2.24) is 0 Å². The van der Waals surface area contributed by atoms with E-state index < -0.39 is 0 Å². The van der Waals surface area contributed by atoms with Crippen LogP contribution in [0.2, 0.25) is 0 Å². The van der Waals surface area contributed by atoms with Crippen molar-refractivity contribution in [2.45, 2.75) is 64.6 Å². The first-order chi connectivity index (χ1) is 10.0. The highest BCUT2D eigenvalue weighted by Gasteiger charge is 2.24. The molecule has 2 atom stereocenters. The number of aliphatic hydroxyl groups is 1. The van der Waals surface area contributed by atoms with E-state index in [0.29, 0.717) is 29.7 Å². The van der Waals surface area contributed by atoms with Gasteiger partial charge in [-0.3, -0.25) is 4.79 Å². The molecule has 2 N–H and O–H groups in total. The molecule has 0 heterocycles. The molecular formula is C17H24O4. The molecular weight excluding hydrogens is 268 g/mol. The summed E-state index contributed by atoms with van der Waals surface area (Å²) in [6.45, 7) is 3.47. The van der Waals surface area contributed by atoms with E-state index in [2.05, 4.69) is 0 Å². The largest absolute Gasteiger partial charge is 0.507 e. The van der Waals surface area contributed by atoms with Crippen molar-refractivity contribution < 1.29 is 19.7 Å². The maximum absolute atomic E-state index is 11.5. The fourth-order valence-electron chi connectivity index (χ4n) is 2.91. The van der Waals surface area contributed by atoms with E-state index in [1.807, 2.05) is 6.92 Å². The third-order valence-corrected chi connectivity index (χ3v) is 4.01. The van der Waals surface area contributed by atoms with E-state index in [0.717, 1.165) is 25.7 Å². The molecule has 1 aliphatic rings. The Kier molecular flexibility index (Phi) is 5.23. The number of phenols is 1. The van der Waals surface area contributed by atoms with Crippen molar-refractivity contribution in [2.75, 3.05) is 0 Å². The number of ketones is 1. The maximum Gasteiger partial charge on any atom is 0.163 e. The van der Waals surface area contributed by atoms with Gasteiger partial charge in [0.2, 0.25) is 0 Å². The molecule has 0 aromatic heterocycles. The smallest absolute Gasteiger partial charge is 0.163 e. The number of benzene rings is 1. The quantitative estimate of drug-likeness (QED) is 0.818. The van der Waals surface area contributed by atoms with Gasteiger partial charge in [-0.1, -0.05) is 13.3 Å². The second-order valence-corrected chi connectivity index (χ2v) is 5.80. The summed E-state index contributed by atoms with van der Waals surface area (Å²) < 4.78 is 5.99. The number of ether oxygens (including phenoxy) is 1. The number of aliphatic hydroxyl groups excluding tert-OH is 1. The Hall–Kier alpha value is -1.55. The highest BCUT2D eigenvalue weighted by Crippen LogP contribution is 2.35. The van der Waals surface area contributed by atoms with Crippen LogP contribution in [0.5, 0.6) is 11.5 Å². The molecule has 0 saturated heterocycles. The van der Waals surface area contributed by atoms with Gasteiger partial charge in [-0.15, -0.1) is 0 Å². The number of aromatic hydroxyl groups is 1. The van der Waals surface area contributed by atoms with Gasteiger partial charge in [0.25, 0.3) is 0 Å². The van der Waals surface area contributed by atoms with Crippen molar-refractivity contribution >= 4 is 5.78 Å². The van der Waals surface area contributed by atoms with Crippen LogP contribution in [-0.4, -0.2) is 28.2 Å². The van der Waals surface area contributed by atoms with E-state index >= 15 is 0 Å². The minimum absolute atomic E-state index is 0.0214. The Morgan fingerprint density at radius 1 is 1.38 bits per heavy atom. The zero-order chi connectivity index (χ0) is 15.4. The second-order valence-electron chi connectivity index (χ2n) is 5.80. The molecule has 1 aromatic carbocycles. The average molecular weight is 292 g/mol. The number of rotatable bonds is 5. The topological polar surface area (TPSA) is 66.8 Å². The van der Waals surface area contributed by atoms with Crippen molar-refractivity contribution in [3.63, 3.8) is 0 Å². The molecule has 1 fully saturated rings. The highest BCUT2D eigenvalue weighted by molar-refractivity contribution is 5.97. The lowest BCUT2D eigenvalue weighted by molar-refractivity contribution is 0.0530. The zero-order valence-electron chi connectivity index (χ0n) is 12.8. The summed E-state index contributed by atoms with van der Waals surface area (Å²) >= 11 is 0. The summed E-state index contributed by atoms with van der Waals surface area (Å²) in [5, 5.41) is 20.0. The molecule has 21 heavy (non-hydrogen) atoms. The van der Waals surface area contributed by atoms with Gasteiger partial charge in [-0.2, -0.15) is 0 Å². The first-order valence-electron chi connectivity index (χ1n) is 7.73. The summed E-state index contributed by atoms with van der Waals surface area (Å²) in [5.41, 5.74) is 1.04. The average Bonchev–Trinajstić information content (AvgIpc) is 2.42. The minimum Gasteiger partial charge on any atom is -0.507 e. The van der Waals surface area contributed by atoms with E-state index in [4.69, 9.17) is 4.74 Å². The van der Waals surface area contributed by atoms with Crippen molar-refractivity contribution in [3.8, 4) is 11.5 Å². The molecule has 0 radical (unpaired) electrons. The van der Waals surface area contributed by atoms with Gasteiger partial charge in [0.05, 0.1) is 11.7 Å². The summed E-state index contributed by atoms with van der Waals surface area (Å²) in [6.07, 6.45) is 4.52. The number of carbonyl (C=O) groups is 1. The molecule has 2 rings (SSSR count). The standard InChI is InChI=1S/C17H24O4/c1-3-5-15-16(9-8-14(11(2)18)17(15)20)21-13-7-4-6-12(19)10-13/h8-9,12-13,19-20H,3-7,10H2,1-2H3/t12-,13-/m1/s1. The molecule has 1 saturated carbocycles. The van der Waals surface area contributed by atoms with Crippen LogP contribution in [-0.2, 0) is 6.42 Å². The molecule has 4 nitrogen and oxygen atoms in total. The number of hydrogen-bond acceptors (Lipinski definition) is 4. The number of carbonyl (C=O) groups excluding carboxylic acids is 1. The highest BCUT2D eigenvalue weighted by atomic mass is 16.5. The summed E-state index contributed by atoms with van der Waals surface area (Å²) in [6, 6.07) is 3.38. The number of phenolic OH excluding ortho intramolecular Hbond substituents is 1. The summed E-state index contributed by atoms with van der Waals surface area (Å²) in [7, 11) is 0. The van der Waals surface area contributed by atoms with Crippen LogP contribution < -0.4 is 4.74 Å². The Labute approximate surface area is 125 Å². The number of Topliss-reactive ketones (excluding diaryl/α,β-unsaturated/α-hetero) is 1. The fraction of sp³-hybridized carbons (Fsp3) is 0.588. The Bertz CT molecular complexity index is 510. The minimum atomic E-state index is -0.302. The van der Waals surface area contributed by atoms with Gasteiger partial charge < -0.3 is 14.9 Å². The monoisotopic (exact) mass is 292 g/mol. The Morgan fingerprint density at radius 2 is 2.14 bits per heavy atom. The van der Waals surface area contributed by atoms with Crippen LogP contribution in [0.1, 0.15) is 61.9 Å². The van der Waals surface area contributed by atoms with Gasteiger partial charge in [0.1, 0.15) is 17.6 Å². The van der Waals surface area contributed by atoms with E-state index in [-0.39, 0.29) is 23.7 Å². The van der Waals surface area contributed by atoms with Gasteiger partial charge in [-0.05, 0) is 44.7 Å². The molecule has 116 valence electrons. The molecule has 0 bridgehead atoms.